The summed E-state index contributed by atoms with van der Waals surface area (Å²) in [7, 11) is 6.33. The van der Waals surface area contributed by atoms with Gasteiger partial charge in [0.25, 0.3) is 0 Å². The van der Waals surface area contributed by atoms with E-state index >= 15 is 0 Å². The largest absolute Gasteiger partial charge is 0.392 e. The minimum atomic E-state index is -0.210. The van der Waals surface area contributed by atoms with Crippen molar-refractivity contribution in [2.75, 3.05) is 13.2 Å². The molecule has 110 valence electrons. The molecule has 2 heterocycles. The van der Waals surface area contributed by atoms with Crippen LogP contribution in [-0.4, -0.2) is 44.1 Å². The summed E-state index contributed by atoms with van der Waals surface area (Å²) in [6.07, 6.45) is 6.48. The van der Waals surface area contributed by atoms with Crippen molar-refractivity contribution in [3.05, 3.63) is 0 Å². The lowest BCUT2D eigenvalue weighted by atomic mass is 9.64. The smallest absolute Gasteiger partial charge is 0.160 e. The monoisotopic (exact) mass is 277 g/mol. The second kappa shape index (κ2) is 5.68. The van der Waals surface area contributed by atoms with Crippen molar-refractivity contribution in [1.82, 2.24) is 0 Å². The predicted octanol–water partition coefficient (Wildman–Crippen LogP) is 2.07. The summed E-state index contributed by atoms with van der Waals surface area (Å²) >= 11 is 0. The van der Waals surface area contributed by atoms with Gasteiger partial charge in [0.05, 0.1) is 38.8 Å². The Labute approximate surface area is 122 Å². The standard InChI is InChI=1S/C15H24BNO3/c1-15(16)6-2-4-10-12(5-3-7-15)19-9-11-13(8-18)20-17-14(10)11/h10-13,18H,2-9H2,1H3. The average molecular weight is 277 g/mol. The third-order valence-electron chi connectivity index (χ3n) is 5.12. The van der Waals surface area contributed by atoms with Crippen molar-refractivity contribution in [3.8, 4) is 0 Å². The van der Waals surface area contributed by atoms with Crippen molar-refractivity contribution in [3.63, 3.8) is 0 Å². The van der Waals surface area contributed by atoms with E-state index in [2.05, 4.69) is 12.1 Å². The Morgan fingerprint density at radius 1 is 1.30 bits per heavy atom. The Morgan fingerprint density at radius 3 is 2.80 bits per heavy atom. The van der Waals surface area contributed by atoms with Gasteiger partial charge in [-0.15, -0.1) is 0 Å². The molecule has 0 bridgehead atoms. The van der Waals surface area contributed by atoms with Crippen LogP contribution in [-0.2, 0) is 9.57 Å². The van der Waals surface area contributed by atoms with Crippen molar-refractivity contribution >= 4 is 13.6 Å². The number of rotatable bonds is 1. The summed E-state index contributed by atoms with van der Waals surface area (Å²) in [5.74, 6) is 0.491. The third-order valence-corrected chi connectivity index (χ3v) is 5.12. The molecule has 3 rings (SSSR count). The highest BCUT2D eigenvalue weighted by molar-refractivity contribution is 6.14. The number of nitrogens with zero attached hydrogens (tertiary/aromatic N) is 1. The highest BCUT2D eigenvalue weighted by Gasteiger charge is 2.45. The summed E-state index contributed by atoms with van der Waals surface area (Å²) in [5, 5.41) is 13.6. The topological polar surface area (TPSA) is 51.0 Å². The Morgan fingerprint density at radius 2 is 2.05 bits per heavy atom. The van der Waals surface area contributed by atoms with E-state index in [1.54, 1.807) is 0 Å². The van der Waals surface area contributed by atoms with Gasteiger partial charge in [-0.05, 0) is 12.8 Å². The van der Waals surface area contributed by atoms with Crippen LogP contribution in [0.5, 0.6) is 0 Å². The van der Waals surface area contributed by atoms with E-state index in [0.717, 1.165) is 44.2 Å². The van der Waals surface area contributed by atoms with Crippen molar-refractivity contribution in [1.29, 1.82) is 0 Å². The molecular weight excluding hydrogens is 253 g/mol. The maximum Gasteiger partial charge on any atom is 0.160 e. The summed E-state index contributed by atoms with van der Waals surface area (Å²) in [4.78, 5) is 5.38. The zero-order chi connectivity index (χ0) is 14.2. The molecule has 1 saturated carbocycles. The fourth-order valence-corrected chi connectivity index (χ4v) is 3.87. The molecule has 0 aromatic rings. The number of hydrogen-bond acceptors (Lipinski definition) is 4. The summed E-state index contributed by atoms with van der Waals surface area (Å²) in [5.41, 5.74) is 1.13. The van der Waals surface area contributed by atoms with Crippen LogP contribution in [0.15, 0.2) is 5.16 Å². The molecule has 0 spiro atoms. The van der Waals surface area contributed by atoms with E-state index in [1.807, 2.05) is 0 Å². The summed E-state index contributed by atoms with van der Waals surface area (Å²) < 4.78 is 6.07. The van der Waals surface area contributed by atoms with Crippen LogP contribution >= 0.6 is 0 Å². The first-order chi connectivity index (χ1) is 9.61. The fourth-order valence-electron chi connectivity index (χ4n) is 3.87. The molecule has 0 amide bonds. The maximum atomic E-state index is 9.34. The molecule has 0 aromatic heterocycles. The lowest BCUT2D eigenvalue weighted by Crippen LogP contribution is -2.45. The molecule has 2 radical (unpaired) electrons. The molecule has 1 aliphatic carbocycles. The Kier molecular flexibility index (Phi) is 4.09. The Balaban J connectivity index is 1.73. The number of hydrogen-bond donors (Lipinski definition) is 1. The predicted molar refractivity (Wildman–Crippen MR) is 77.9 cm³/mol. The van der Waals surface area contributed by atoms with E-state index in [1.165, 1.54) is 0 Å². The molecule has 2 fully saturated rings. The van der Waals surface area contributed by atoms with Crippen molar-refractivity contribution in [2.45, 2.75) is 63.0 Å². The van der Waals surface area contributed by atoms with Crippen LogP contribution in [0.1, 0.15) is 45.4 Å². The third kappa shape index (κ3) is 2.75. The highest BCUT2D eigenvalue weighted by atomic mass is 16.7. The van der Waals surface area contributed by atoms with E-state index in [0.29, 0.717) is 12.5 Å². The van der Waals surface area contributed by atoms with Crippen molar-refractivity contribution < 1.29 is 14.7 Å². The summed E-state index contributed by atoms with van der Waals surface area (Å²) in [6.45, 7) is 2.80. The number of ether oxygens (including phenoxy) is 1. The van der Waals surface area contributed by atoms with Crippen LogP contribution in [0.25, 0.3) is 0 Å². The van der Waals surface area contributed by atoms with E-state index < -0.39 is 0 Å². The molecule has 0 aromatic carbocycles. The minimum Gasteiger partial charge on any atom is -0.392 e. The molecule has 1 saturated heterocycles. The number of aliphatic hydroxyl groups excluding tert-OH is 1. The lowest BCUT2D eigenvalue weighted by Gasteiger charge is -2.35. The number of aliphatic hydroxyl groups is 1. The molecule has 20 heavy (non-hydrogen) atoms. The normalized spacial score (nSPS) is 45.2. The van der Waals surface area contributed by atoms with E-state index in [9.17, 15) is 5.11 Å². The molecule has 2 aliphatic heterocycles. The van der Waals surface area contributed by atoms with Gasteiger partial charge >= 0.3 is 0 Å². The molecule has 5 heteroatoms. The van der Waals surface area contributed by atoms with Crippen LogP contribution in [0.2, 0.25) is 5.31 Å². The first-order valence-corrected chi connectivity index (χ1v) is 7.86. The molecule has 3 aliphatic rings. The zero-order valence-electron chi connectivity index (χ0n) is 12.3. The average Bonchev–Trinajstić information content (AvgIpc) is 2.84. The van der Waals surface area contributed by atoms with E-state index in [4.69, 9.17) is 17.4 Å². The van der Waals surface area contributed by atoms with Gasteiger partial charge in [-0.3, -0.25) is 0 Å². The van der Waals surface area contributed by atoms with Gasteiger partial charge in [0.15, 0.2) is 6.10 Å². The second-order valence-electron chi connectivity index (χ2n) is 6.87. The van der Waals surface area contributed by atoms with Crippen LogP contribution in [0, 0.1) is 11.8 Å². The molecule has 5 atom stereocenters. The van der Waals surface area contributed by atoms with Crippen LogP contribution in [0.4, 0.5) is 0 Å². The lowest BCUT2D eigenvalue weighted by molar-refractivity contribution is -0.0440. The van der Waals surface area contributed by atoms with Gasteiger partial charge in [0, 0.05) is 5.92 Å². The second-order valence-corrected chi connectivity index (χ2v) is 6.87. The minimum absolute atomic E-state index is 0.0132. The van der Waals surface area contributed by atoms with Gasteiger partial charge in [0.1, 0.15) is 0 Å². The maximum absolute atomic E-state index is 9.34. The van der Waals surface area contributed by atoms with Crippen LogP contribution in [0.3, 0.4) is 0 Å². The van der Waals surface area contributed by atoms with Gasteiger partial charge in [-0.1, -0.05) is 43.1 Å². The molecular formula is C15H24BNO3. The Hall–Kier alpha value is -0.545. The number of oxime groups is 1. The van der Waals surface area contributed by atoms with Gasteiger partial charge in [-0.25, -0.2) is 0 Å². The highest BCUT2D eigenvalue weighted by Crippen LogP contribution is 2.41. The Bertz CT molecular complexity index is 385. The van der Waals surface area contributed by atoms with Gasteiger partial charge < -0.3 is 14.7 Å². The van der Waals surface area contributed by atoms with E-state index in [-0.39, 0.29) is 30.0 Å². The van der Waals surface area contributed by atoms with Gasteiger partial charge in [0.2, 0.25) is 0 Å². The molecule has 5 unspecified atom stereocenters. The first-order valence-electron chi connectivity index (χ1n) is 7.86. The first kappa shape index (κ1) is 14.4. The van der Waals surface area contributed by atoms with Crippen molar-refractivity contribution in [2.24, 2.45) is 17.0 Å². The molecule has 1 N–H and O–H groups in total. The summed E-state index contributed by atoms with van der Waals surface area (Å²) in [6, 6.07) is 0. The number of fused-ring (bicyclic) bond motifs is 3. The SMILES string of the molecule is [B]C1(C)CCCC2OCC3C(=NOC3CO)C2CCC1. The van der Waals surface area contributed by atoms with Gasteiger partial charge in [-0.2, -0.15) is 0 Å². The zero-order valence-corrected chi connectivity index (χ0v) is 12.3. The quantitative estimate of drug-likeness (QED) is 0.746. The molecule has 4 nitrogen and oxygen atoms in total. The fraction of sp³-hybridized carbons (Fsp3) is 0.933. The van der Waals surface area contributed by atoms with Crippen LogP contribution < -0.4 is 0 Å².